The molecule has 6 heteroatoms. The molecule has 0 fully saturated rings. The summed E-state index contributed by atoms with van der Waals surface area (Å²) in [6, 6.07) is 4.88. The fourth-order valence-corrected chi connectivity index (χ4v) is 3.43. The summed E-state index contributed by atoms with van der Waals surface area (Å²) in [6.45, 7) is 4.06. The molecule has 17 heavy (non-hydrogen) atoms. The third kappa shape index (κ3) is 3.46. The van der Waals surface area contributed by atoms with Gasteiger partial charge in [-0.1, -0.05) is 11.6 Å². The fraction of sp³-hybridized carbons (Fsp3) is 0.455. The van der Waals surface area contributed by atoms with Gasteiger partial charge in [0.15, 0.2) is 0 Å². The number of hydrogen-bond acceptors (Lipinski definition) is 4. The molecule has 0 saturated carbocycles. The maximum atomic E-state index is 12.5. The molecule has 0 aliphatic carbocycles. The predicted octanol–water partition coefficient (Wildman–Crippen LogP) is 3.24. The van der Waals surface area contributed by atoms with Crippen molar-refractivity contribution < 1.29 is 18.3 Å². The fourth-order valence-electron chi connectivity index (χ4n) is 1.35. The molecule has 0 aliphatic heterocycles. The van der Waals surface area contributed by atoms with Crippen LogP contribution in [0.4, 0.5) is 0 Å². The molecule has 0 amide bonds. The van der Waals surface area contributed by atoms with E-state index in [1.165, 1.54) is 7.11 Å². The van der Waals surface area contributed by atoms with Crippen LogP contribution < -0.4 is 10.0 Å². The van der Waals surface area contributed by atoms with E-state index in [9.17, 15) is 4.57 Å². The summed E-state index contributed by atoms with van der Waals surface area (Å²) in [5.74, 6) is 0.559. The lowest BCUT2D eigenvalue weighted by Gasteiger charge is -2.18. The van der Waals surface area contributed by atoms with Crippen molar-refractivity contribution in [1.29, 1.82) is 0 Å². The van der Waals surface area contributed by atoms with E-state index in [4.69, 9.17) is 25.4 Å². The number of rotatable bonds is 6. The van der Waals surface area contributed by atoms with Crippen molar-refractivity contribution in [3.05, 3.63) is 23.2 Å². The first-order valence-corrected chi connectivity index (χ1v) is 7.22. The van der Waals surface area contributed by atoms with Crippen molar-refractivity contribution in [1.82, 2.24) is 0 Å². The molecule has 0 saturated heterocycles. The van der Waals surface area contributed by atoms with Gasteiger partial charge in [0, 0.05) is 0 Å². The van der Waals surface area contributed by atoms with Gasteiger partial charge in [-0.3, -0.25) is 4.57 Å². The maximum Gasteiger partial charge on any atom is 0.362 e. The van der Waals surface area contributed by atoms with Crippen LogP contribution in [-0.4, -0.2) is 20.3 Å². The highest BCUT2D eigenvalue weighted by atomic mass is 35.5. The Bertz CT molecular complexity index is 412. The second-order valence-electron chi connectivity index (χ2n) is 3.15. The first kappa shape index (κ1) is 14.5. The number of ether oxygens (including phenoxy) is 1. The molecule has 0 heterocycles. The Morgan fingerprint density at radius 1 is 1.24 bits per heavy atom. The third-order valence-corrected chi connectivity index (χ3v) is 4.66. The van der Waals surface area contributed by atoms with Crippen molar-refractivity contribution >= 4 is 24.5 Å². The van der Waals surface area contributed by atoms with E-state index < -0.39 is 7.60 Å². The Morgan fingerprint density at radius 3 is 2.29 bits per heavy atom. The zero-order valence-corrected chi connectivity index (χ0v) is 11.8. The maximum absolute atomic E-state index is 12.5. The van der Waals surface area contributed by atoms with Crippen LogP contribution in [0.3, 0.4) is 0 Å². The van der Waals surface area contributed by atoms with Gasteiger partial charge < -0.3 is 13.8 Å². The van der Waals surface area contributed by atoms with Gasteiger partial charge in [-0.2, -0.15) is 0 Å². The van der Waals surface area contributed by atoms with E-state index in [0.29, 0.717) is 16.1 Å². The Labute approximate surface area is 106 Å². The Morgan fingerprint density at radius 2 is 1.82 bits per heavy atom. The molecule has 96 valence electrons. The van der Waals surface area contributed by atoms with E-state index in [1.807, 2.05) is 0 Å². The van der Waals surface area contributed by atoms with Crippen molar-refractivity contribution in [3.63, 3.8) is 0 Å². The Kier molecular flexibility index (Phi) is 5.47. The highest BCUT2D eigenvalue weighted by molar-refractivity contribution is 7.62. The molecule has 0 bridgehead atoms. The van der Waals surface area contributed by atoms with Crippen LogP contribution in [0.2, 0.25) is 5.02 Å². The molecule has 1 aromatic carbocycles. The summed E-state index contributed by atoms with van der Waals surface area (Å²) in [7, 11) is -1.83. The van der Waals surface area contributed by atoms with Crippen molar-refractivity contribution in [2.45, 2.75) is 13.8 Å². The Balaban J connectivity index is 3.21. The van der Waals surface area contributed by atoms with Gasteiger partial charge in [-0.15, -0.1) is 0 Å². The van der Waals surface area contributed by atoms with E-state index in [2.05, 4.69) is 0 Å². The highest BCUT2D eigenvalue weighted by Gasteiger charge is 2.29. The standard InChI is InChI=1S/C11H16ClO4P/c1-4-15-17(13,16-5-2)11-8-9(14-3)6-7-10(11)12/h6-8H,4-5H2,1-3H3. The molecule has 1 rings (SSSR count). The number of halogens is 1. The quantitative estimate of drug-likeness (QED) is 0.749. The van der Waals surface area contributed by atoms with Crippen LogP contribution in [-0.2, 0) is 13.6 Å². The molecule has 4 nitrogen and oxygen atoms in total. The monoisotopic (exact) mass is 278 g/mol. The molecule has 0 radical (unpaired) electrons. The first-order chi connectivity index (χ1) is 8.07. The minimum absolute atomic E-state index is 0.283. The SMILES string of the molecule is CCOP(=O)(OCC)c1cc(OC)ccc1Cl. The van der Waals surface area contributed by atoms with Gasteiger partial charge >= 0.3 is 7.60 Å². The third-order valence-electron chi connectivity index (χ3n) is 2.05. The van der Waals surface area contributed by atoms with Crippen LogP contribution in [0.1, 0.15) is 13.8 Å². The molecule has 1 aromatic rings. The second-order valence-corrected chi connectivity index (χ2v) is 5.55. The summed E-state index contributed by atoms with van der Waals surface area (Å²) < 4.78 is 28.0. The topological polar surface area (TPSA) is 44.8 Å². The van der Waals surface area contributed by atoms with Crippen LogP contribution in [0.15, 0.2) is 18.2 Å². The van der Waals surface area contributed by atoms with Crippen LogP contribution in [0, 0.1) is 0 Å². The van der Waals surface area contributed by atoms with E-state index in [1.54, 1.807) is 32.0 Å². The largest absolute Gasteiger partial charge is 0.497 e. The normalized spacial score (nSPS) is 11.5. The lowest BCUT2D eigenvalue weighted by molar-refractivity contribution is 0.230. The van der Waals surface area contributed by atoms with Crippen LogP contribution >= 0.6 is 19.2 Å². The van der Waals surface area contributed by atoms with Gasteiger partial charge in [0.1, 0.15) is 5.75 Å². The summed E-state index contributed by atoms with van der Waals surface area (Å²) in [5, 5.41) is 0.679. The van der Waals surface area contributed by atoms with E-state index >= 15 is 0 Å². The first-order valence-electron chi connectivity index (χ1n) is 5.30. The summed E-state index contributed by atoms with van der Waals surface area (Å²) >= 11 is 6.02. The summed E-state index contributed by atoms with van der Waals surface area (Å²) in [4.78, 5) is 0. The molecule has 0 atom stereocenters. The highest BCUT2D eigenvalue weighted by Crippen LogP contribution is 2.49. The average molecular weight is 279 g/mol. The zero-order chi connectivity index (χ0) is 12.9. The smallest absolute Gasteiger partial charge is 0.362 e. The molecular formula is C11H16ClO4P. The molecular weight excluding hydrogens is 263 g/mol. The number of benzene rings is 1. The average Bonchev–Trinajstić information content (AvgIpc) is 2.30. The summed E-state index contributed by atoms with van der Waals surface area (Å²) in [5.41, 5.74) is 0. The predicted molar refractivity (Wildman–Crippen MR) is 68.5 cm³/mol. The van der Waals surface area contributed by atoms with Gasteiger partial charge in [0.05, 0.1) is 30.7 Å². The molecule has 0 N–H and O–H groups in total. The van der Waals surface area contributed by atoms with Crippen molar-refractivity contribution in [2.75, 3.05) is 20.3 Å². The zero-order valence-electron chi connectivity index (χ0n) is 10.1. The molecule has 0 unspecified atom stereocenters. The summed E-state index contributed by atoms with van der Waals surface area (Å²) in [6.07, 6.45) is 0. The van der Waals surface area contributed by atoms with Gasteiger partial charge in [-0.05, 0) is 32.0 Å². The van der Waals surface area contributed by atoms with Crippen LogP contribution in [0.5, 0.6) is 5.75 Å². The van der Waals surface area contributed by atoms with Crippen LogP contribution in [0.25, 0.3) is 0 Å². The molecule has 0 aliphatic rings. The number of methoxy groups -OCH3 is 1. The Hall–Kier alpha value is -0.540. The van der Waals surface area contributed by atoms with Crippen molar-refractivity contribution in [3.8, 4) is 5.75 Å². The number of hydrogen-bond donors (Lipinski definition) is 0. The molecule has 0 spiro atoms. The lowest BCUT2D eigenvalue weighted by atomic mass is 10.3. The van der Waals surface area contributed by atoms with E-state index in [0.717, 1.165) is 0 Å². The van der Waals surface area contributed by atoms with Gasteiger partial charge in [0.2, 0.25) is 0 Å². The minimum Gasteiger partial charge on any atom is -0.497 e. The van der Waals surface area contributed by atoms with Gasteiger partial charge in [-0.25, -0.2) is 0 Å². The van der Waals surface area contributed by atoms with E-state index in [-0.39, 0.29) is 13.2 Å². The lowest BCUT2D eigenvalue weighted by Crippen LogP contribution is -2.12. The molecule has 0 aromatic heterocycles. The minimum atomic E-state index is -3.36. The van der Waals surface area contributed by atoms with Gasteiger partial charge in [0.25, 0.3) is 0 Å². The van der Waals surface area contributed by atoms with Crippen molar-refractivity contribution in [2.24, 2.45) is 0 Å². The second kappa shape index (κ2) is 6.41.